The summed E-state index contributed by atoms with van der Waals surface area (Å²) in [6.07, 6.45) is 3.52. The summed E-state index contributed by atoms with van der Waals surface area (Å²) in [7, 11) is -2.79. The molecule has 0 spiro atoms. The van der Waals surface area contributed by atoms with Gasteiger partial charge in [-0.2, -0.15) is 0 Å². The number of hydrogen-bond acceptors (Lipinski definition) is 7. The molecule has 3 heterocycles. The fourth-order valence-corrected chi connectivity index (χ4v) is 9.47. The van der Waals surface area contributed by atoms with Gasteiger partial charge in [0.2, 0.25) is 5.91 Å². The van der Waals surface area contributed by atoms with Gasteiger partial charge in [0.15, 0.2) is 4.21 Å². The van der Waals surface area contributed by atoms with Crippen molar-refractivity contribution in [1.29, 1.82) is 0 Å². The number of piperidine rings is 1. The van der Waals surface area contributed by atoms with Crippen molar-refractivity contribution < 1.29 is 17.9 Å². The van der Waals surface area contributed by atoms with E-state index in [0.717, 1.165) is 56.6 Å². The number of likely N-dealkylation sites (tertiary alicyclic amines) is 1. The van der Waals surface area contributed by atoms with Crippen molar-refractivity contribution in [1.82, 2.24) is 18.8 Å². The molecule has 230 valence electrons. The number of amides is 1. The summed E-state index contributed by atoms with van der Waals surface area (Å²) in [6.45, 7) is 3.49. The van der Waals surface area contributed by atoms with Gasteiger partial charge in [0.1, 0.15) is 5.82 Å². The number of halogens is 1. The second kappa shape index (κ2) is 13.4. The number of nitrogens with zero attached hydrogens (tertiary/aromatic N) is 4. The van der Waals surface area contributed by atoms with Crippen molar-refractivity contribution in [3.8, 4) is 0 Å². The molecule has 0 N–H and O–H groups in total. The molecule has 0 aliphatic carbocycles. The van der Waals surface area contributed by atoms with Gasteiger partial charge in [-0.3, -0.25) is 9.69 Å². The minimum atomic E-state index is -4.26. The molecule has 0 atom stereocenters. The molecule has 3 aromatic carbocycles. The normalized spacial score (nSPS) is 14.4. The average Bonchev–Trinajstić information content (AvgIpc) is 3.56. The number of para-hydroxylation sites is 2. The van der Waals surface area contributed by atoms with Crippen LogP contribution in [0.25, 0.3) is 21.1 Å². The first-order valence-corrected chi connectivity index (χ1v) is 17.4. The molecule has 5 aromatic rings. The zero-order valence-electron chi connectivity index (χ0n) is 24.6. The van der Waals surface area contributed by atoms with Crippen molar-refractivity contribution in [2.75, 3.05) is 33.4 Å². The number of benzene rings is 3. The number of carbonyl (C=O) groups is 1. The Morgan fingerprint density at radius 1 is 0.955 bits per heavy atom. The lowest BCUT2D eigenvalue weighted by Crippen LogP contribution is -2.40. The summed E-state index contributed by atoms with van der Waals surface area (Å²) in [6, 6.07) is 23.4. The van der Waals surface area contributed by atoms with E-state index in [1.54, 1.807) is 12.1 Å². The van der Waals surface area contributed by atoms with Gasteiger partial charge in [-0.05, 0) is 55.3 Å². The largest absolute Gasteiger partial charge is 0.383 e. The predicted octanol–water partition coefficient (Wildman–Crippen LogP) is 6.35. The quantitative estimate of drug-likeness (QED) is 0.166. The van der Waals surface area contributed by atoms with E-state index in [2.05, 4.69) is 23.1 Å². The molecule has 8 nitrogen and oxygen atoms in total. The molecular weight excluding hydrogens is 616 g/mol. The van der Waals surface area contributed by atoms with Gasteiger partial charge in [0.05, 0.1) is 35.6 Å². The standard InChI is InChI=1S/C33H35ClN4O4S2/c1-42-20-19-38(44(40,41)33-32(34)26-13-5-8-16-29(26)43-33)31(39)21-30-35-27-14-6-7-15-28(27)37(30)23-25-12-4-3-11-24(25)22-36-17-9-2-10-18-36/h3-8,11-16H,2,9-10,17-23H2,1H3. The Bertz CT molecular complexity index is 1900. The molecule has 1 aliphatic heterocycles. The Balaban J connectivity index is 1.34. The summed E-state index contributed by atoms with van der Waals surface area (Å²) in [4.78, 5) is 21.3. The van der Waals surface area contributed by atoms with Crippen LogP contribution in [0.3, 0.4) is 0 Å². The summed E-state index contributed by atoms with van der Waals surface area (Å²) < 4.78 is 36.8. The highest BCUT2D eigenvalue weighted by Gasteiger charge is 2.34. The Kier molecular flexibility index (Phi) is 9.34. The predicted molar refractivity (Wildman–Crippen MR) is 176 cm³/mol. The topological polar surface area (TPSA) is 84.7 Å². The third kappa shape index (κ3) is 6.27. The molecule has 0 bridgehead atoms. The van der Waals surface area contributed by atoms with Crippen LogP contribution in [-0.2, 0) is 39.1 Å². The third-order valence-corrected chi connectivity index (χ3v) is 12.2. The van der Waals surface area contributed by atoms with E-state index < -0.39 is 15.9 Å². The Hall–Kier alpha value is -3.28. The van der Waals surface area contributed by atoms with E-state index in [0.29, 0.717) is 17.8 Å². The Morgan fingerprint density at radius 2 is 1.64 bits per heavy atom. The average molecular weight is 651 g/mol. The first kappa shape index (κ1) is 30.7. The van der Waals surface area contributed by atoms with Crippen LogP contribution >= 0.6 is 22.9 Å². The maximum absolute atomic E-state index is 14.0. The maximum Gasteiger partial charge on any atom is 0.277 e. The SMILES string of the molecule is COCCN(C(=O)Cc1nc2ccccc2n1Cc1ccccc1CN1CCCCC1)S(=O)(=O)c1sc2ccccc2c1Cl. The smallest absolute Gasteiger partial charge is 0.277 e. The van der Waals surface area contributed by atoms with Crippen LogP contribution in [0.1, 0.15) is 36.2 Å². The van der Waals surface area contributed by atoms with Crippen LogP contribution in [0.5, 0.6) is 0 Å². The summed E-state index contributed by atoms with van der Waals surface area (Å²) in [5.74, 6) is -0.0854. The zero-order chi connectivity index (χ0) is 30.7. The van der Waals surface area contributed by atoms with Crippen molar-refractivity contribution in [3.63, 3.8) is 0 Å². The number of rotatable bonds is 11. The van der Waals surface area contributed by atoms with E-state index in [1.807, 2.05) is 47.0 Å². The van der Waals surface area contributed by atoms with Gasteiger partial charge in [0.25, 0.3) is 10.0 Å². The first-order chi connectivity index (χ1) is 21.4. The van der Waals surface area contributed by atoms with Crippen LogP contribution in [0.15, 0.2) is 77.0 Å². The molecule has 0 unspecified atom stereocenters. The summed E-state index contributed by atoms with van der Waals surface area (Å²) in [5, 5.41) is 0.764. The van der Waals surface area contributed by atoms with E-state index in [4.69, 9.17) is 21.3 Å². The van der Waals surface area contributed by atoms with E-state index in [1.165, 1.54) is 31.9 Å². The lowest BCUT2D eigenvalue weighted by molar-refractivity contribution is -0.126. The number of imidazole rings is 1. The molecule has 44 heavy (non-hydrogen) atoms. The van der Waals surface area contributed by atoms with Crippen LogP contribution in [0, 0.1) is 0 Å². The Labute approximate surface area is 266 Å². The van der Waals surface area contributed by atoms with E-state index >= 15 is 0 Å². The van der Waals surface area contributed by atoms with Gasteiger partial charge >= 0.3 is 0 Å². The van der Waals surface area contributed by atoms with Crippen molar-refractivity contribution in [2.24, 2.45) is 0 Å². The number of aromatic nitrogens is 2. The van der Waals surface area contributed by atoms with Crippen molar-refractivity contribution >= 4 is 60.0 Å². The molecule has 11 heteroatoms. The highest BCUT2D eigenvalue weighted by atomic mass is 35.5. The van der Waals surface area contributed by atoms with Crippen molar-refractivity contribution in [3.05, 3.63) is 94.8 Å². The second-order valence-electron chi connectivity index (χ2n) is 11.0. The number of ether oxygens (including phenoxy) is 1. The number of sulfonamides is 1. The number of fused-ring (bicyclic) bond motifs is 2. The monoisotopic (exact) mass is 650 g/mol. The molecule has 6 rings (SSSR count). The molecule has 0 radical (unpaired) electrons. The van der Waals surface area contributed by atoms with Crippen LogP contribution < -0.4 is 0 Å². The van der Waals surface area contributed by atoms with E-state index in [-0.39, 0.29) is 28.8 Å². The molecule has 1 fully saturated rings. The van der Waals surface area contributed by atoms with Crippen LogP contribution in [-0.4, -0.2) is 66.4 Å². The molecule has 2 aromatic heterocycles. The van der Waals surface area contributed by atoms with Crippen LogP contribution in [0.4, 0.5) is 0 Å². The number of hydrogen-bond donors (Lipinski definition) is 0. The van der Waals surface area contributed by atoms with Crippen molar-refractivity contribution in [2.45, 2.75) is 43.0 Å². The lowest BCUT2D eigenvalue weighted by atomic mass is 10.0. The van der Waals surface area contributed by atoms with Gasteiger partial charge in [-0.25, -0.2) is 17.7 Å². The number of methoxy groups -OCH3 is 1. The molecular formula is C33H35ClN4O4S2. The Morgan fingerprint density at radius 3 is 2.39 bits per heavy atom. The molecule has 1 saturated heterocycles. The fraction of sp³-hybridized carbons (Fsp3) is 0.333. The fourth-order valence-electron chi connectivity index (χ4n) is 5.87. The zero-order valence-corrected chi connectivity index (χ0v) is 27.0. The summed E-state index contributed by atoms with van der Waals surface area (Å²) >= 11 is 7.64. The minimum Gasteiger partial charge on any atom is -0.383 e. The maximum atomic E-state index is 14.0. The lowest BCUT2D eigenvalue weighted by Gasteiger charge is -2.27. The minimum absolute atomic E-state index is 0.0494. The van der Waals surface area contributed by atoms with Gasteiger partial charge in [-0.15, -0.1) is 11.3 Å². The summed E-state index contributed by atoms with van der Waals surface area (Å²) in [5.41, 5.74) is 4.04. The molecule has 0 saturated carbocycles. The van der Waals surface area contributed by atoms with Gasteiger partial charge < -0.3 is 9.30 Å². The second-order valence-corrected chi connectivity index (χ2v) is 14.5. The first-order valence-electron chi connectivity index (χ1n) is 14.8. The number of thiophene rings is 1. The van der Waals surface area contributed by atoms with E-state index in [9.17, 15) is 13.2 Å². The third-order valence-electron chi connectivity index (χ3n) is 8.14. The highest BCUT2D eigenvalue weighted by molar-refractivity contribution is 7.92. The molecule has 1 aliphatic rings. The molecule has 1 amide bonds. The van der Waals surface area contributed by atoms with Gasteiger partial charge in [0, 0.05) is 30.3 Å². The van der Waals surface area contributed by atoms with Crippen LogP contribution in [0.2, 0.25) is 5.02 Å². The number of carbonyl (C=O) groups excluding carboxylic acids is 1. The highest BCUT2D eigenvalue weighted by Crippen LogP contribution is 2.39. The van der Waals surface area contributed by atoms with Gasteiger partial charge in [-0.1, -0.05) is 72.6 Å².